The van der Waals surface area contributed by atoms with Crippen LogP contribution in [-0.2, 0) is 0 Å². The van der Waals surface area contributed by atoms with Crippen molar-refractivity contribution in [3.05, 3.63) is 0 Å². The summed E-state index contributed by atoms with van der Waals surface area (Å²) in [5.74, 6) is 0. The maximum absolute atomic E-state index is 10.4. The average molecular weight is 280 g/mol. The zero-order valence-corrected chi connectivity index (χ0v) is 11.9. The van der Waals surface area contributed by atoms with Crippen molar-refractivity contribution in [2.45, 2.75) is 13.8 Å². The van der Waals surface area contributed by atoms with E-state index in [-0.39, 0.29) is 25.0 Å². The fourth-order valence-corrected chi connectivity index (χ4v) is 0.777. The van der Waals surface area contributed by atoms with E-state index in [1.165, 1.54) is 0 Å². The van der Waals surface area contributed by atoms with Gasteiger partial charge in [0.1, 0.15) is 0 Å². The molecule has 2 N–H and O–H groups in total. The Bertz CT molecular complexity index is 150. The molecule has 75 valence electrons. The van der Waals surface area contributed by atoms with Crippen LogP contribution in [0.4, 0.5) is 9.59 Å². The van der Waals surface area contributed by atoms with Crippen molar-refractivity contribution in [3.8, 4) is 0 Å². The van der Waals surface area contributed by atoms with Gasteiger partial charge in [-0.15, -0.1) is 0 Å². The fraction of sp³-hybridized carbons (Fsp3) is 0.667. The molecule has 0 saturated carbocycles. The number of amides is 2. The number of hydrogen-bond acceptors (Lipinski definition) is 2. The molecule has 0 spiro atoms. The molecule has 0 aromatic carbocycles. The molecule has 2 amide bonds. The minimum atomic E-state index is -0.639. The Hall–Kier alpha value is 0.276. The number of carbonyl (C=O) groups is 2. The molecule has 0 heterocycles. The van der Waals surface area contributed by atoms with Crippen molar-refractivity contribution < 1.29 is 9.59 Å². The summed E-state index contributed by atoms with van der Waals surface area (Å²) in [6, 6.07) is 0. The number of nitrogens with two attached hydrogens (primary N) is 1. The molecule has 0 fully saturated rings. The van der Waals surface area contributed by atoms with E-state index in [0.717, 1.165) is 13.1 Å². The third-order valence-electron chi connectivity index (χ3n) is 1.03. The molecule has 0 saturated heterocycles. The van der Waals surface area contributed by atoms with Gasteiger partial charge < -0.3 is 10.6 Å². The van der Waals surface area contributed by atoms with Crippen molar-refractivity contribution in [2.24, 2.45) is 5.73 Å². The average Bonchev–Trinajstić information content (AvgIpc) is 1.87. The molecule has 0 aliphatic heterocycles. The molecule has 0 aliphatic rings. The predicted octanol–water partition coefficient (Wildman–Crippen LogP) is 0.992. The second-order valence-electron chi connectivity index (χ2n) is 1.79. The van der Waals surface area contributed by atoms with Gasteiger partial charge in [0.25, 0.3) is 10.5 Å². The van der Waals surface area contributed by atoms with Crippen molar-refractivity contribution in [3.63, 3.8) is 0 Å². The third kappa shape index (κ3) is 18.9. The number of primary amides is 1. The first-order valence-electron chi connectivity index (χ1n) is 3.41. The van der Waals surface area contributed by atoms with Crippen LogP contribution in [0.3, 0.4) is 0 Å². The molecule has 0 aromatic heterocycles. The number of thiol groups is 2. The van der Waals surface area contributed by atoms with Gasteiger partial charge in [0.2, 0.25) is 0 Å². The smallest absolute Gasteiger partial charge is 0.278 e. The predicted molar refractivity (Wildman–Crippen MR) is 61.6 cm³/mol. The van der Waals surface area contributed by atoms with E-state index in [4.69, 9.17) is 4.79 Å². The van der Waals surface area contributed by atoms with E-state index in [1.807, 2.05) is 13.8 Å². The van der Waals surface area contributed by atoms with Crippen LogP contribution in [0.15, 0.2) is 0 Å². The summed E-state index contributed by atoms with van der Waals surface area (Å²) in [6.45, 7) is 5.35. The normalized spacial score (nSPS) is 7.38. The van der Waals surface area contributed by atoms with E-state index in [0.29, 0.717) is 0 Å². The molecule has 0 bridgehead atoms. The van der Waals surface area contributed by atoms with Gasteiger partial charge in [-0.1, -0.05) is 25.3 Å². The molecule has 0 rings (SSSR count). The summed E-state index contributed by atoms with van der Waals surface area (Å²) >= 11 is 6.75. The SMILES string of the molecule is CCN(CC)C(=O)S.NC(=O)S.[Ga]. The summed E-state index contributed by atoms with van der Waals surface area (Å²) in [5.41, 5.74) is 4.34. The van der Waals surface area contributed by atoms with E-state index < -0.39 is 5.24 Å². The Morgan fingerprint density at radius 2 is 1.46 bits per heavy atom. The van der Waals surface area contributed by atoms with Gasteiger partial charge in [-0.05, 0) is 13.8 Å². The molecular weight excluding hydrogens is 266 g/mol. The van der Waals surface area contributed by atoms with Gasteiger partial charge in [0.15, 0.2) is 0 Å². The Labute approximate surface area is 102 Å². The molecule has 3 radical (unpaired) electrons. The first kappa shape index (κ1) is 18.9. The molecule has 13 heavy (non-hydrogen) atoms. The quantitative estimate of drug-likeness (QED) is 0.522. The van der Waals surface area contributed by atoms with Crippen molar-refractivity contribution in [2.75, 3.05) is 13.1 Å². The van der Waals surface area contributed by atoms with E-state index in [2.05, 4.69) is 31.0 Å². The Kier molecular flexibility index (Phi) is 17.9. The number of rotatable bonds is 2. The summed E-state index contributed by atoms with van der Waals surface area (Å²) in [6.07, 6.45) is 0. The summed E-state index contributed by atoms with van der Waals surface area (Å²) in [4.78, 5) is 21.1. The Morgan fingerprint density at radius 3 is 1.46 bits per heavy atom. The van der Waals surface area contributed by atoms with Gasteiger partial charge in [0.05, 0.1) is 0 Å². The van der Waals surface area contributed by atoms with Crippen LogP contribution in [0.1, 0.15) is 13.8 Å². The Morgan fingerprint density at radius 1 is 1.23 bits per heavy atom. The van der Waals surface area contributed by atoms with E-state index in [1.54, 1.807) is 4.90 Å². The van der Waals surface area contributed by atoms with Crippen LogP contribution >= 0.6 is 25.3 Å². The molecule has 0 unspecified atom stereocenters. The number of carbonyl (C=O) groups excluding carboxylic acids is 2. The van der Waals surface area contributed by atoms with Crippen molar-refractivity contribution >= 4 is 55.5 Å². The van der Waals surface area contributed by atoms with Gasteiger partial charge in [0, 0.05) is 32.9 Å². The minimum Gasteiger partial charge on any atom is -0.361 e. The largest absolute Gasteiger partial charge is 0.361 e. The van der Waals surface area contributed by atoms with Crippen LogP contribution < -0.4 is 5.73 Å². The zero-order valence-electron chi connectivity index (χ0n) is 7.73. The van der Waals surface area contributed by atoms with E-state index in [9.17, 15) is 4.79 Å². The van der Waals surface area contributed by atoms with Crippen LogP contribution in [-0.4, -0.2) is 48.3 Å². The second-order valence-corrected chi connectivity index (χ2v) is 2.62. The molecule has 7 heteroatoms. The van der Waals surface area contributed by atoms with Crippen molar-refractivity contribution in [1.82, 2.24) is 4.90 Å². The topological polar surface area (TPSA) is 63.4 Å². The van der Waals surface area contributed by atoms with Gasteiger partial charge in [-0.25, -0.2) is 0 Å². The van der Waals surface area contributed by atoms with Crippen LogP contribution in [0.2, 0.25) is 0 Å². The molecule has 4 nitrogen and oxygen atoms in total. The second kappa shape index (κ2) is 12.3. The van der Waals surface area contributed by atoms with Crippen LogP contribution in [0.5, 0.6) is 0 Å². The standard InChI is InChI=1S/C5H11NOS.CH3NOS.Ga/c1-3-6(4-2)5(7)8;2-1(3)4;/h3-4H2,1-2H3,(H,7,8);(H3,2,3,4);. The van der Waals surface area contributed by atoms with Crippen LogP contribution in [0, 0.1) is 0 Å². The van der Waals surface area contributed by atoms with Crippen molar-refractivity contribution in [1.29, 1.82) is 0 Å². The summed E-state index contributed by atoms with van der Waals surface area (Å²) in [7, 11) is 0. The minimum absolute atomic E-state index is 0. The van der Waals surface area contributed by atoms with Gasteiger partial charge in [-0.3, -0.25) is 9.59 Å². The fourth-order valence-electron chi connectivity index (χ4n) is 0.494. The zero-order chi connectivity index (χ0) is 10.1. The van der Waals surface area contributed by atoms with E-state index >= 15 is 0 Å². The summed E-state index contributed by atoms with van der Waals surface area (Å²) in [5, 5.41) is -0.782. The molecule has 0 aromatic rings. The van der Waals surface area contributed by atoms with Gasteiger partial charge >= 0.3 is 0 Å². The number of hydrogen-bond donors (Lipinski definition) is 3. The van der Waals surface area contributed by atoms with Gasteiger partial charge in [-0.2, -0.15) is 0 Å². The first-order chi connectivity index (χ1) is 5.45. The Balaban J connectivity index is -0.000000173. The maximum Gasteiger partial charge on any atom is 0.278 e. The molecular formula is C6H14GaN2O2S2. The monoisotopic (exact) mass is 279 g/mol. The summed E-state index contributed by atoms with van der Waals surface area (Å²) < 4.78 is 0. The molecule has 0 aliphatic carbocycles. The molecule has 0 atom stereocenters. The maximum atomic E-state index is 10.4. The van der Waals surface area contributed by atoms with Crippen LogP contribution in [0.25, 0.3) is 0 Å². The first-order valence-corrected chi connectivity index (χ1v) is 4.31. The third-order valence-corrected chi connectivity index (χ3v) is 1.32. The number of nitrogens with zero attached hydrogens (tertiary/aromatic N) is 1.